The summed E-state index contributed by atoms with van der Waals surface area (Å²) < 4.78 is 4.96. The second kappa shape index (κ2) is 5.74. The van der Waals surface area contributed by atoms with Crippen LogP contribution in [0.15, 0.2) is 0 Å². The Hall–Kier alpha value is -1.26. The maximum atomic E-state index is 12.6. The molecule has 5 heteroatoms. The van der Waals surface area contributed by atoms with Crippen molar-refractivity contribution < 1.29 is 14.3 Å². The van der Waals surface area contributed by atoms with Crippen LogP contribution in [0.4, 0.5) is 4.79 Å². The number of esters is 1. The summed E-state index contributed by atoms with van der Waals surface area (Å²) in [5, 5.41) is 2.80. The molecule has 1 atom stereocenters. The van der Waals surface area contributed by atoms with Gasteiger partial charge in [-0.1, -0.05) is 0 Å². The second-order valence-electron chi connectivity index (χ2n) is 7.62. The minimum Gasteiger partial charge on any atom is -0.464 e. The lowest BCUT2D eigenvalue weighted by Gasteiger charge is -2.59. The number of rotatable bonds is 4. The minimum absolute atomic E-state index is 0.0210. The molecule has 0 aromatic rings. The average Bonchev–Trinajstić information content (AvgIpc) is 2.45. The Morgan fingerprint density at radius 3 is 2.14 bits per heavy atom. The summed E-state index contributed by atoms with van der Waals surface area (Å²) in [5.41, 5.74) is 0.0210. The summed E-state index contributed by atoms with van der Waals surface area (Å²) in [6.45, 7) is 3.79. The van der Waals surface area contributed by atoms with Gasteiger partial charge in [-0.05, 0) is 70.1 Å². The van der Waals surface area contributed by atoms with Gasteiger partial charge in [0.15, 0.2) is 0 Å². The van der Waals surface area contributed by atoms with Gasteiger partial charge in [0.2, 0.25) is 0 Å². The van der Waals surface area contributed by atoms with E-state index < -0.39 is 6.04 Å². The number of urea groups is 1. The highest BCUT2D eigenvalue weighted by Crippen LogP contribution is 2.57. The Morgan fingerprint density at radius 1 is 1.18 bits per heavy atom. The van der Waals surface area contributed by atoms with Crippen molar-refractivity contribution >= 4 is 12.0 Å². The highest BCUT2D eigenvalue weighted by atomic mass is 16.5. The van der Waals surface area contributed by atoms with Crippen molar-refractivity contribution in [2.24, 2.45) is 17.8 Å². The monoisotopic (exact) mass is 308 g/mol. The standard InChI is InChI=1S/C17H28N2O3/c1-4-22-15(20)11(2)18-16(21)19(3)17-8-12-5-13(9-17)7-14(6-12)10-17/h11-14H,4-10H2,1-3H3,(H,18,21)/t11-,12?,13?,14?,17?/m1/s1. The van der Waals surface area contributed by atoms with Crippen molar-refractivity contribution in [1.29, 1.82) is 0 Å². The zero-order valence-corrected chi connectivity index (χ0v) is 13.9. The summed E-state index contributed by atoms with van der Waals surface area (Å²) in [4.78, 5) is 26.2. The molecule has 1 N–H and O–H groups in total. The summed E-state index contributed by atoms with van der Waals surface area (Å²) in [6, 6.07) is -0.730. The molecule has 0 saturated heterocycles. The van der Waals surface area contributed by atoms with Crippen LogP contribution in [0.3, 0.4) is 0 Å². The van der Waals surface area contributed by atoms with Gasteiger partial charge in [0.05, 0.1) is 6.61 Å². The van der Waals surface area contributed by atoms with Crippen LogP contribution in [0.1, 0.15) is 52.4 Å². The molecule has 124 valence electrons. The van der Waals surface area contributed by atoms with Gasteiger partial charge in [-0.25, -0.2) is 9.59 Å². The Morgan fingerprint density at radius 2 is 1.68 bits per heavy atom. The van der Waals surface area contributed by atoms with Crippen molar-refractivity contribution in [2.75, 3.05) is 13.7 Å². The molecule has 0 aliphatic heterocycles. The number of carbonyl (C=O) groups is 2. The molecule has 2 amide bonds. The first-order chi connectivity index (χ1) is 10.4. The molecular formula is C17H28N2O3. The number of hydrogen-bond acceptors (Lipinski definition) is 3. The van der Waals surface area contributed by atoms with Crippen LogP contribution in [-0.2, 0) is 9.53 Å². The first-order valence-electron chi connectivity index (χ1n) is 8.64. The highest BCUT2D eigenvalue weighted by Gasteiger charge is 2.53. The van der Waals surface area contributed by atoms with E-state index in [4.69, 9.17) is 4.74 Å². The quantitative estimate of drug-likeness (QED) is 0.812. The molecule has 0 heterocycles. The number of nitrogens with zero attached hydrogens (tertiary/aromatic N) is 1. The summed E-state index contributed by atoms with van der Waals surface area (Å²) in [5.74, 6) is 2.02. The van der Waals surface area contributed by atoms with Crippen molar-refractivity contribution in [1.82, 2.24) is 10.2 Å². The Bertz CT molecular complexity index is 428. The fourth-order valence-electron chi connectivity index (χ4n) is 5.30. The molecule has 4 saturated carbocycles. The van der Waals surface area contributed by atoms with Gasteiger partial charge in [-0.15, -0.1) is 0 Å². The average molecular weight is 308 g/mol. The SMILES string of the molecule is CCOC(=O)[C@@H](C)NC(=O)N(C)C12CC3CC(CC(C3)C1)C2. The van der Waals surface area contributed by atoms with E-state index in [1.165, 1.54) is 19.3 Å². The first kappa shape index (κ1) is 15.6. The van der Waals surface area contributed by atoms with E-state index in [0.717, 1.165) is 37.0 Å². The van der Waals surface area contributed by atoms with Crippen LogP contribution in [0.25, 0.3) is 0 Å². The molecule has 0 aromatic carbocycles. The molecule has 0 aromatic heterocycles. The minimum atomic E-state index is -0.594. The Kier molecular flexibility index (Phi) is 4.08. The zero-order valence-electron chi connectivity index (χ0n) is 13.9. The van der Waals surface area contributed by atoms with Gasteiger partial charge in [0, 0.05) is 12.6 Å². The number of hydrogen-bond donors (Lipinski definition) is 1. The fraction of sp³-hybridized carbons (Fsp3) is 0.882. The van der Waals surface area contributed by atoms with Crippen molar-refractivity contribution in [3.8, 4) is 0 Å². The normalized spacial score (nSPS) is 36.8. The lowest BCUT2D eigenvalue weighted by atomic mass is 9.52. The van der Waals surface area contributed by atoms with E-state index in [9.17, 15) is 9.59 Å². The Labute approximate surface area is 132 Å². The zero-order chi connectivity index (χ0) is 15.9. The smallest absolute Gasteiger partial charge is 0.328 e. The lowest BCUT2D eigenvalue weighted by Crippen LogP contribution is -2.62. The van der Waals surface area contributed by atoms with Crippen LogP contribution < -0.4 is 5.32 Å². The number of amides is 2. The van der Waals surface area contributed by atoms with Gasteiger partial charge < -0.3 is 15.0 Å². The molecule has 4 rings (SSSR count). The molecule has 4 bridgehead atoms. The maximum Gasteiger partial charge on any atom is 0.328 e. The largest absolute Gasteiger partial charge is 0.464 e. The van der Waals surface area contributed by atoms with Crippen molar-refractivity contribution in [2.45, 2.75) is 64.0 Å². The van der Waals surface area contributed by atoms with Crippen molar-refractivity contribution in [3.63, 3.8) is 0 Å². The van der Waals surface area contributed by atoms with Gasteiger partial charge in [-0.2, -0.15) is 0 Å². The topological polar surface area (TPSA) is 58.6 Å². The molecule has 0 radical (unpaired) electrons. The van der Waals surface area contributed by atoms with Crippen LogP contribution in [0.5, 0.6) is 0 Å². The summed E-state index contributed by atoms with van der Waals surface area (Å²) in [6.07, 6.45) is 7.47. The van der Waals surface area contributed by atoms with Crippen molar-refractivity contribution in [3.05, 3.63) is 0 Å². The molecule has 22 heavy (non-hydrogen) atoms. The predicted octanol–water partition coefficient (Wildman–Crippen LogP) is 2.55. The van der Waals surface area contributed by atoms with Crippen LogP contribution in [-0.4, -0.2) is 42.1 Å². The summed E-state index contributed by atoms with van der Waals surface area (Å²) >= 11 is 0. The van der Waals surface area contributed by atoms with Gasteiger partial charge in [0.25, 0.3) is 0 Å². The molecule has 0 unspecified atom stereocenters. The predicted molar refractivity (Wildman–Crippen MR) is 83.3 cm³/mol. The van der Waals surface area contributed by atoms with E-state index >= 15 is 0 Å². The molecule has 5 nitrogen and oxygen atoms in total. The van der Waals surface area contributed by atoms with Crippen LogP contribution in [0, 0.1) is 17.8 Å². The summed E-state index contributed by atoms with van der Waals surface area (Å²) in [7, 11) is 1.90. The van der Waals surface area contributed by atoms with E-state index in [2.05, 4.69) is 5.32 Å². The molecular weight excluding hydrogens is 280 g/mol. The lowest BCUT2D eigenvalue weighted by molar-refractivity contribution is -0.145. The Balaban J connectivity index is 1.64. The molecule has 0 spiro atoms. The third kappa shape index (κ3) is 2.70. The van der Waals surface area contributed by atoms with E-state index in [1.807, 2.05) is 11.9 Å². The third-order valence-electron chi connectivity index (χ3n) is 6.00. The van der Waals surface area contributed by atoms with E-state index in [-0.39, 0.29) is 17.5 Å². The second-order valence-corrected chi connectivity index (χ2v) is 7.62. The van der Waals surface area contributed by atoms with Gasteiger partial charge >= 0.3 is 12.0 Å². The van der Waals surface area contributed by atoms with E-state index in [0.29, 0.717) is 6.61 Å². The van der Waals surface area contributed by atoms with Gasteiger partial charge in [0.1, 0.15) is 6.04 Å². The molecule has 4 aliphatic carbocycles. The third-order valence-corrected chi connectivity index (χ3v) is 6.00. The molecule has 4 fully saturated rings. The highest BCUT2D eigenvalue weighted by molar-refractivity contribution is 5.83. The maximum absolute atomic E-state index is 12.6. The fourth-order valence-corrected chi connectivity index (χ4v) is 5.30. The van der Waals surface area contributed by atoms with E-state index in [1.54, 1.807) is 13.8 Å². The number of nitrogens with one attached hydrogen (secondary N) is 1. The molecule has 4 aliphatic rings. The van der Waals surface area contributed by atoms with Crippen LogP contribution in [0.2, 0.25) is 0 Å². The number of ether oxygens (including phenoxy) is 1. The van der Waals surface area contributed by atoms with Gasteiger partial charge in [-0.3, -0.25) is 0 Å². The number of carbonyl (C=O) groups excluding carboxylic acids is 2. The first-order valence-corrected chi connectivity index (χ1v) is 8.64. The van der Waals surface area contributed by atoms with Crippen LogP contribution >= 0.6 is 0 Å².